The van der Waals surface area contributed by atoms with E-state index in [0.717, 1.165) is 36.9 Å². The number of hydrogen-bond acceptors (Lipinski definition) is 6. The third-order valence-corrected chi connectivity index (χ3v) is 5.67. The van der Waals surface area contributed by atoms with Gasteiger partial charge in [0.2, 0.25) is 16.2 Å². The molecule has 2 aromatic rings. The van der Waals surface area contributed by atoms with Gasteiger partial charge in [0.25, 0.3) is 5.56 Å². The Morgan fingerprint density at radius 1 is 1.33 bits per heavy atom. The summed E-state index contributed by atoms with van der Waals surface area (Å²) in [5.74, 6) is 0.342. The number of hydrogen-bond donors (Lipinski definition) is 1. The fourth-order valence-corrected chi connectivity index (χ4v) is 4.45. The highest BCUT2D eigenvalue weighted by atomic mass is 35.5. The van der Waals surface area contributed by atoms with Gasteiger partial charge in [0.05, 0.1) is 0 Å². The minimum Gasteiger partial charge on any atom is -0.346 e. The van der Waals surface area contributed by atoms with Crippen molar-refractivity contribution in [3.63, 3.8) is 0 Å². The molecule has 2 aliphatic rings. The van der Waals surface area contributed by atoms with Crippen LogP contribution in [0, 0.1) is 5.92 Å². The van der Waals surface area contributed by atoms with Crippen molar-refractivity contribution in [3.8, 4) is 0 Å². The minimum atomic E-state index is -0.289. The Morgan fingerprint density at radius 3 is 3.04 bits per heavy atom. The molecule has 0 aromatic carbocycles. The number of nitrogens with one attached hydrogen (secondary N) is 1. The molecule has 2 bridgehead atoms. The zero-order valence-electron chi connectivity index (χ0n) is 12.8. The van der Waals surface area contributed by atoms with Gasteiger partial charge in [-0.15, -0.1) is 21.8 Å². The summed E-state index contributed by atoms with van der Waals surface area (Å²) in [5.41, 5.74) is 1.18. The quantitative estimate of drug-likeness (QED) is 0.834. The van der Waals surface area contributed by atoms with Gasteiger partial charge in [0, 0.05) is 37.3 Å². The van der Waals surface area contributed by atoms with Gasteiger partial charge in [-0.3, -0.25) is 14.9 Å². The first-order chi connectivity index (χ1) is 11.6. The SMILES string of the molecule is O=C(CCl)Nc1nnc(N2CC3CC(C2)c2cccc(=O)n2C3)s1. The fourth-order valence-electron chi connectivity index (χ4n) is 3.60. The second kappa shape index (κ2) is 6.18. The lowest BCUT2D eigenvalue weighted by molar-refractivity contribution is -0.113. The van der Waals surface area contributed by atoms with Crippen LogP contribution < -0.4 is 15.8 Å². The summed E-state index contributed by atoms with van der Waals surface area (Å²) in [6, 6.07) is 5.50. The Hall–Kier alpha value is -1.93. The third kappa shape index (κ3) is 2.80. The predicted octanol–water partition coefficient (Wildman–Crippen LogP) is 1.50. The Kier molecular flexibility index (Phi) is 4.01. The summed E-state index contributed by atoms with van der Waals surface area (Å²) in [6.07, 6.45) is 1.09. The van der Waals surface area contributed by atoms with Gasteiger partial charge in [-0.05, 0) is 18.4 Å². The molecular weight excluding hydrogens is 350 g/mol. The molecule has 0 radical (unpaired) electrons. The van der Waals surface area contributed by atoms with E-state index >= 15 is 0 Å². The first-order valence-corrected chi connectivity index (χ1v) is 9.13. The largest absolute Gasteiger partial charge is 0.346 e. The van der Waals surface area contributed by atoms with E-state index in [4.69, 9.17) is 11.6 Å². The van der Waals surface area contributed by atoms with E-state index in [2.05, 4.69) is 20.4 Å². The Balaban J connectivity index is 1.56. The number of alkyl halides is 1. The molecule has 2 atom stereocenters. The summed E-state index contributed by atoms with van der Waals surface area (Å²) in [7, 11) is 0. The number of amides is 1. The number of aromatic nitrogens is 3. The molecule has 2 aliphatic heterocycles. The van der Waals surface area contributed by atoms with Crippen LogP contribution in [0.2, 0.25) is 0 Å². The molecule has 1 amide bonds. The highest BCUT2D eigenvalue weighted by molar-refractivity contribution is 7.19. The molecule has 2 aromatic heterocycles. The van der Waals surface area contributed by atoms with Crippen LogP contribution in [-0.4, -0.2) is 39.6 Å². The average molecular weight is 366 g/mol. The Bertz CT molecular complexity index is 835. The smallest absolute Gasteiger partial charge is 0.250 e. The molecule has 1 fully saturated rings. The van der Waals surface area contributed by atoms with Crippen LogP contribution in [0.25, 0.3) is 0 Å². The molecule has 0 saturated carbocycles. The van der Waals surface area contributed by atoms with E-state index in [1.807, 2.05) is 16.7 Å². The van der Waals surface area contributed by atoms with E-state index < -0.39 is 0 Å². The zero-order valence-corrected chi connectivity index (χ0v) is 14.4. The molecular formula is C15H16ClN5O2S. The third-order valence-electron chi connectivity index (χ3n) is 4.53. The molecule has 2 unspecified atom stereocenters. The number of piperidine rings is 1. The first-order valence-electron chi connectivity index (χ1n) is 7.78. The van der Waals surface area contributed by atoms with Crippen LogP contribution in [0.1, 0.15) is 18.0 Å². The van der Waals surface area contributed by atoms with Crippen LogP contribution in [0.3, 0.4) is 0 Å². The van der Waals surface area contributed by atoms with Gasteiger partial charge in [-0.1, -0.05) is 17.4 Å². The molecule has 9 heteroatoms. The normalized spacial score (nSPS) is 22.1. The Morgan fingerprint density at radius 2 is 2.21 bits per heavy atom. The maximum Gasteiger partial charge on any atom is 0.250 e. The minimum absolute atomic E-state index is 0.0811. The van der Waals surface area contributed by atoms with Crippen LogP contribution in [0.5, 0.6) is 0 Å². The van der Waals surface area contributed by atoms with Crippen molar-refractivity contribution in [3.05, 3.63) is 34.2 Å². The van der Waals surface area contributed by atoms with Crippen LogP contribution in [0.15, 0.2) is 23.0 Å². The second-order valence-corrected chi connectivity index (χ2v) is 7.40. The Labute approximate surface area is 147 Å². The summed E-state index contributed by atoms with van der Waals surface area (Å²) >= 11 is 6.84. The van der Waals surface area contributed by atoms with E-state index in [1.165, 1.54) is 11.3 Å². The molecule has 0 aliphatic carbocycles. The molecule has 4 heterocycles. The fraction of sp³-hybridized carbons (Fsp3) is 0.467. The van der Waals surface area contributed by atoms with Crippen molar-refractivity contribution >= 4 is 39.1 Å². The van der Waals surface area contributed by atoms with Crippen molar-refractivity contribution in [1.82, 2.24) is 14.8 Å². The highest BCUT2D eigenvalue weighted by Gasteiger charge is 2.35. The van der Waals surface area contributed by atoms with Crippen LogP contribution in [0.4, 0.5) is 10.3 Å². The van der Waals surface area contributed by atoms with Crippen LogP contribution in [-0.2, 0) is 11.3 Å². The lowest BCUT2D eigenvalue weighted by Crippen LogP contribution is -2.47. The lowest BCUT2D eigenvalue weighted by atomic mass is 9.83. The van der Waals surface area contributed by atoms with E-state index in [0.29, 0.717) is 17.0 Å². The molecule has 126 valence electrons. The number of carbonyl (C=O) groups is 1. The summed E-state index contributed by atoms with van der Waals surface area (Å²) < 4.78 is 1.91. The van der Waals surface area contributed by atoms with E-state index in [1.54, 1.807) is 6.07 Å². The maximum absolute atomic E-state index is 12.1. The number of nitrogens with zero attached hydrogens (tertiary/aromatic N) is 4. The second-order valence-electron chi connectivity index (χ2n) is 6.17. The van der Waals surface area contributed by atoms with Crippen molar-refractivity contribution in [2.75, 3.05) is 29.2 Å². The summed E-state index contributed by atoms with van der Waals surface area (Å²) in [4.78, 5) is 25.6. The number of rotatable bonds is 3. The van der Waals surface area contributed by atoms with Crippen molar-refractivity contribution in [2.24, 2.45) is 5.92 Å². The van der Waals surface area contributed by atoms with Crippen LogP contribution >= 0.6 is 22.9 Å². The number of halogens is 1. The molecule has 1 saturated heterocycles. The van der Waals surface area contributed by atoms with Gasteiger partial charge in [0.1, 0.15) is 5.88 Å². The topological polar surface area (TPSA) is 80.1 Å². The molecule has 0 spiro atoms. The number of anilines is 2. The number of fused-ring (bicyclic) bond motifs is 4. The number of pyridine rings is 1. The van der Waals surface area contributed by atoms with Gasteiger partial charge < -0.3 is 9.47 Å². The molecule has 24 heavy (non-hydrogen) atoms. The monoisotopic (exact) mass is 365 g/mol. The van der Waals surface area contributed by atoms with Gasteiger partial charge in [-0.2, -0.15) is 0 Å². The predicted molar refractivity (Wildman–Crippen MR) is 93.0 cm³/mol. The van der Waals surface area contributed by atoms with Gasteiger partial charge in [0.15, 0.2) is 0 Å². The standard InChI is InChI=1S/C15H16ClN5O2S/c16-5-12(22)17-14-18-19-15(24-14)20-6-9-4-10(8-20)11-2-1-3-13(23)21(11)7-9/h1-3,9-10H,4-8H2,(H,17,18,22). The van der Waals surface area contributed by atoms with Gasteiger partial charge in [-0.25, -0.2) is 0 Å². The highest BCUT2D eigenvalue weighted by Crippen LogP contribution is 2.38. The van der Waals surface area contributed by atoms with Gasteiger partial charge >= 0.3 is 0 Å². The van der Waals surface area contributed by atoms with Crippen molar-refractivity contribution in [1.29, 1.82) is 0 Å². The average Bonchev–Trinajstić information content (AvgIpc) is 3.04. The van der Waals surface area contributed by atoms with Crippen molar-refractivity contribution in [2.45, 2.75) is 18.9 Å². The molecule has 4 rings (SSSR count). The lowest BCUT2D eigenvalue weighted by Gasteiger charge is -2.42. The van der Waals surface area contributed by atoms with Crippen molar-refractivity contribution < 1.29 is 4.79 Å². The van der Waals surface area contributed by atoms with E-state index in [-0.39, 0.29) is 17.3 Å². The zero-order chi connectivity index (χ0) is 16.7. The van der Waals surface area contributed by atoms with E-state index in [9.17, 15) is 9.59 Å². The summed E-state index contributed by atoms with van der Waals surface area (Å²) in [5, 5.41) is 12.1. The summed E-state index contributed by atoms with van der Waals surface area (Å²) in [6.45, 7) is 2.39. The molecule has 1 N–H and O–H groups in total. The first kappa shape index (κ1) is 15.6. The molecule has 7 nitrogen and oxygen atoms in total. The number of carbonyl (C=O) groups excluding carboxylic acids is 1. The maximum atomic E-state index is 12.1.